The van der Waals surface area contributed by atoms with Gasteiger partial charge in [-0.25, -0.2) is 9.38 Å². The first-order valence-corrected chi connectivity index (χ1v) is 11.0. The molecule has 7 heteroatoms. The molecule has 1 amide bonds. The standard InChI is InChI=1S/C24H32FN5O/c1-4-26-24(27-15-17-11-12-22(20(25)13-17)30(5-2)6-3)28-16-18-14-23(31)29-21-10-8-7-9-19(18)21/h7-13,18H,4-6,14-16H2,1-3H3,(H,29,31)(H2,26,27,28). The highest BCUT2D eigenvalue weighted by molar-refractivity contribution is 5.94. The largest absolute Gasteiger partial charge is 0.370 e. The number of nitrogens with zero attached hydrogens (tertiary/aromatic N) is 2. The Morgan fingerprint density at radius 2 is 1.94 bits per heavy atom. The molecule has 0 aliphatic carbocycles. The molecular weight excluding hydrogens is 393 g/mol. The summed E-state index contributed by atoms with van der Waals surface area (Å²) in [6.07, 6.45) is 0.432. The number of carbonyl (C=O) groups is 1. The third kappa shape index (κ3) is 5.75. The number of hydrogen-bond donors (Lipinski definition) is 3. The van der Waals surface area contributed by atoms with Crippen LogP contribution in [0, 0.1) is 5.82 Å². The number of anilines is 2. The van der Waals surface area contributed by atoms with E-state index in [0.717, 1.165) is 29.9 Å². The SMILES string of the molecule is CCNC(=NCc1ccc(N(CC)CC)c(F)c1)NCC1CC(=O)Nc2ccccc21. The molecule has 166 valence electrons. The van der Waals surface area contributed by atoms with Gasteiger partial charge in [-0.15, -0.1) is 0 Å². The monoisotopic (exact) mass is 425 g/mol. The lowest BCUT2D eigenvalue weighted by molar-refractivity contribution is -0.116. The average Bonchev–Trinajstić information content (AvgIpc) is 2.77. The predicted octanol–water partition coefficient (Wildman–Crippen LogP) is 3.85. The summed E-state index contributed by atoms with van der Waals surface area (Å²) in [4.78, 5) is 18.6. The number of para-hydroxylation sites is 1. The Balaban J connectivity index is 1.67. The number of amides is 1. The molecule has 3 rings (SSSR count). The van der Waals surface area contributed by atoms with Crippen molar-refractivity contribution in [2.75, 3.05) is 36.4 Å². The number of aliphatic imine (C=N–C) groups is 1. The number of carbonyl (C=O) groups excluding carboxylic acids is 1. The molecule has 1 aliphatic heterocycles. The maximum Gasteiger partial charge on any atom is 0.225 e. The molecule has 2 aromatic carbocycles. The quantitative estimate of drug-likeness (QED) is 0.444. The van der Waals surface area contributed by atoms with Gasteiger partial charge in [0.1, 0.15) is 5.82 Å². The van der Waals surface area contributed by atoms with Crippen LogP contribution < -0.4 is 20.9 Å². The predicted molar refractivity (Wildman–Crippen MR) is 125 cm³/mol. The summed E-state index contributed by atoms with van der Waals surface area (Å²) in [5.74, 6) is 0.522. The van der Waals surface area contributed by atoms with Crippen molar-refractivity contribution in [2.45, 2.75) is 39.7 Å². The highest BCUT2D eigenvalue weighted by atomic mass is 19.1. The number of halogens is 1. The number of rotatable bonds is 8. The summed E-state index contributed by atoms with van der Waals surface area (Å²) in [6, 6.07) is 13.2. The van der Waals surface area contributed by atoms with Crippen LogP contribution in [0.5, 0.6) is 0 Å². The van der Waals surface area contributed by atoms with Gasteiger partial charge in [0.15, 0.2) is 5.96 Å². The van der Waals surface area contributed by atoms with Gasteiger partial charge in [-0.05, 0) is 50.1 Å². The molecule has 0 spiro atoms. The minimum atomic E-state index is -0.223. The van der Waals surface area contributed by atoms with E-state index < -0.39 is 0 Å². The van der Waals surface area contributed by atoms with E-state index in [1.54, 1.807) is 6.07 Å². The molecule has 1 heterocycles. The van der Waals surface area contributed by atoms with Crippen LogP contribution in [0.1, 0.15) is 44.2 Å². The van der Waals surface area contributed by atoms with Crippen LogP contribution in [0.25, 0.3) is 0 Å². The normalized spacial score (nSPS) is 15.8. The molecule has 0 saturated heterocycles. The molecule has 2 aromatic rings. The van der Waals surface area contributed by atoms with Gasteiger partial charge in [-0.1, -0.05) is 24.3 Å². The van der Waals surface area contributed by atoms with Gasteiger partial charge in [-0.2, -0.15) is 0 Å². The van der Waals surface area contributed by atoms with Crippen molar-refractivity contribution < 1.29 is 9.18 Å². The van der Waals surface area contributed by atoms with Crippen LogP contribution in [-0.2, 0) is 11.3 Å². The van der Waals surface area contributed by atoms with Crippen LogP contribution >= 0.6 is 0 Å². The Labute approximate surface area is 183 Å². The van der Waals surface area contributed by atoms with Gasteiger partial charge in [-0.3, -0.25) is 4.79 Å². The van der Waals surface area contributed by atoms with Crippen LogP contribution in [0.2, 0.25) is 0 Å². The first-order valence-electron chi connectivity index (χ1n) is 11.0. The smallest absolute Gasteiger partial charge is 0.225 e. The lowest BCUT2D eigenvalue weighted by atomic mass is 9.90. The summed E-state index contributed by atoms with van der Waals surface area (Å²) in [6.45, 7) is 9.23. The molecule has 0 radical (unpaired) electrons. The van der Waals surface area contributed by atoms with Crippen LogP contribution in [0.3, 0.4) is 0 Å². The summed E-state index contributed by atoms with van der Waals surface area (Å²) < 4.78 is 14.6. The Kier molecular flexibility index (Phi) is 7.87. The second kappa shape index (κ2) is 10.8. The van der Waals surface area contributed by atoms with Gasteiger partial charge in [0.2, 0.25) is 5.91 Å². The molecule has 1 unspecified atom stereocenters. The van der Waals surface area contributed by atoms with Crippen molar-refractivity contribution >= 4 is 23.2 Å². The van der Waals surface area contributed by atoms with Gasteiger partial charge < -0.3 is 20.9 Å². The fraction of sp³-hybridized carbons (Fsp3) is 0.417. The minimum Gasteiger partial charge on any atom is -0.370 e. The lowest BCUT2D eigenvalue weighted by Gasteiger charge is -2.26. The lowest BCUT2D eigenvalue weighted by Crippen LogP contribution is -2.40. The number of hydrogen-bond acceptors (Lipinski definition) is 3. The van der Waals surface area contributed by atoms with E-state index in [0.29, 0.717) is 37.7 Å². The second-order valence-corrected chi connectivity index (χ2v) is 7.57. The van der Waals surface area contributed by atoms with E-state index in [1.807, 2.05) is 62.1 Å². The first kappa shape index (κ1) is 22.6. The van der Waals surface area contributed by atoms with E-state index in [4.69, 9.17) is 0 Å². The van der Waals surface area contributed by atoms with Crippen molar-refractivity contribution in [3.8, 4) is 0 Å². The average molecular weight is 426 g/mol. The molecular formula is C24H32FN5O. The third-order valence-corrected chi connectivity index (χ3v) is 5.50. The number of benzene rings is 2. The van der Waals surface area contributed by atoms with Gasteiger partial charge in [0.25, 0.3) is 0 Å². The molecule has 1 atom stereocenters. The zero-order valence-corrected chi connectivity index (χ0v) is 18.5. The topological polar surface area (TPSA) is 68.8 Å². The Bertz CT molecular complexity index is 926. The van der Waals surface area contributed by atoms with Crippen molar-refractivity contribution in [2.24, 2.45) is 4.99 Å². The zero-order valence-electron chi connectivity index (χ0n) is 18.5. The molecule has 0 fully saturated rings. The number of guanidine groups is 1. The molecule has 0 saturated carbocycles. The first-order chi connectivity index (χ1) is 15.0. The van der Waals surface area contributed by atoms with E-state index >= 15 is 0 Å². The highest BCUT2D eigenvalue weighted by Crippen LogP contribution is 2.31. The van der Waals surface area contributed by atoms with E-state index in [1.165, 1.54) is 0 Å². The van der Waals surface area contributed by atoms with Crippen LogP contribution in [-0.4, -0.2) is 38.0 Å². The molecule has 31 heavy (non-hydrogen) atoms. The summed E-state index contributed by atoms with van der Waals surface area (Å²) in [7, 11) is 0. The zero-order chi connectivity index (χ0) is 22.2. The van der Waals surface area contributed by atoms with Gasteiger partial charge in [0, 0.05) is 44.2 Å². The van der Waals surface area contributed by atoms with Crippen molar-refractivity contribution in [1.82, 2.24) is 10.6 Å². The summed E-state index contributed by atoms with van der Waals surface area (Å²) in [5, 5.41) is 9.49. The Hall–Kier alpha value is -3.09. The maximum atomic E-state index is 14.6. The van der Waals surface area contributed by atoms with E-state index in [9.17, 15) is 9.18 Å². The minimum absolute atomic E-state index is 0.0243. The second-order valence-electron chi connectivity index (χ2n) is 7.57. The third-order valence-electron chi connectivity index (χ3n) is 5.50. The van der Waals surface area contributed by atoms with Crippen molar-refractivity contribution in [1.29, 1.82) is 0 Å². The molecule has 6 nitrogen and oxygen atoms in total. The number of fused-ring (bicyclic) bond motifs is 1. The van der Waals surface area contributed by atoms with E-state index in [-0.39, 0.29) is 17.6 Å². The van der Waals surface area contributed by atoms with Crippen molar-refractivity contribution in [3.63, 3.8) is 0 Å². The molecule has 1 aliphatic rings. The van der Waals surface area contributed by atoms with Crippen LogP contribution in [0.15, 0.2) is 47.5 Å². The molecule has 3 N–H and O–H groups in total. The summed E-state index contributed by atoms with van der Waals surface area (Å²) >= 11 is 0. The Morgan fingerprint density at radius 3 is 2.65 bits per heavy atom. The fourth-order valence-electron chi connectivity index (χ4n) is 3.89. The Morgan fingerprint density at radius 1 is 1.16 bits per heavy atom. The van der Waals surface area contributed by atoms with E-state index in [2.05, 4.69) is 20.9 Å². The molecule has 0 bridgehead atoms. The number of nitrogens with one attached hydrogen (secondary N) is 3. The van der Waals surface area contributed by atoms with Crippen LogP contribution in [0.4, 0.5) is 15.8 Å². The van der Waals surface area contributed by atoms with Crippen molar-refractivity contribution in [3.05, 3.63) is 59.4 Å². The highest BCUT2D eigenvalue weighted by Gasteiger charge is 2.24. The van der Waals surface area contributed by atoms with Gasteiger partial charge >= 0.3 is 0 Å². The maximum absolute atomic E-state index is 14.6. The summed E-state index contributed by atoms with van der Waals surface area (Å²) in [5.41, 5.74) is 3.43. The van der Waals surface area contributed by atoms with Gasteiger partial charge in [0.05, 0.1) is 12.2 Å². The fourth-order valence-corrected chi connectivity index (χ4v) is 3.89. The molecule has 0 aromatic heterocycles.